The molecule has 2 aromatic rings. The van der Waals surface area contributed by atoms with Crippen molar-refractivity contribution in [2.24, 2.45) is 0 Å². The van der Waals surface area contributed by atoms with Crippen molar-refractivity contribution in [3.8, 4) is 11.5 Å². The van der Waals surface area contributed by atoms with Gasteiger partial charge in [0.15, 0.2) is 5.69 Å². The topological polar surface area (TPSA) is 72.3 Å². The van der Waals surface area contributed by atoms with Crippen LogP contribution in [0.15, 0.2) is 30.6 Å². The molecule has 2 aromatic heterocycles. The largest absolute Gasteiger partial charge is 0.477 e. The lowest BCUT2D eigenvalue weighted by molar-refractivity contribution is 0.0690. The molecule has 0 aliphatic heterocycles. The highest BCUT2D eigenvalue weighted by Gasteiger charge is 2.08. The molecule has 5 nitrogen and oxygen atoms in total. The van der Waals surface area contributed by atoms with Crippen LogP contribution >= 0.6 is 0 Å². The first-order valence-electron chi connectivity index (χ1n) is 5.36. The second-order valence-electron chi connectivity index (χ2n) is 3.93. The highest BCUT2D eigenvalue weighted by molar-refractivity contribution is 5.85. The van der Waals surface area contributed by atoms with E-state index < -0.39 is 5.97 Å². The van der Waals surface area contributed by atoms with E-state index in [2.05, 4.69) is 9.97 Å². The van der Waals surface area contributed by atoms with Gasteiger partial charge in [0, 0.05) is 24.0 Å². The molecule has 0 amide bonds. The van der Waals surface area contributed by atoms with Crippen LogP contribution in [0.2, 0.25) is 0 Å². The molecule has 0 bridgehead atoms. The van der Waals surface area contributed by atoms with Gasteiger partial charge in [-0.15, -0.1) is 0 Å². The van der Waals surface area contributed by atoms with Crippen LogP contribution in [0.4, 0.5) is 0 Å². The Bertz CT molecular complexity index is 597. The van der Waals surface area contributed by atoms with Crippen molar-refractivity contribution in [1.82, 2.24) is 9.97 Å². The Kier molecular flexibility index (Phi) is 3.23. The Morgan fingerprint density at radius 1 is 1.17 bits per heavy atom. The second-order valence-corrected chi connectivity index (χ2v) is 3.93. The molecule has 0 unspecified atom stereocenters. The smallest absolute Gasteiger partial charge is 0.354 e. The molecule has 0 radical (unpaired) electrons. The Balaban J connectivity index is 2.31. The molecule has 0 aliphatic carbocycles. The van der Waals surface area contributed by atoms with Crippen molar-refractivity contribution in [3.63, 3.8) is 0 Å². The van der Waals surface area contributed by atoms with Gasteiger partial charge in [0.1, 0.15) is 11.5 Å². The average Bonchev–Trinajstić information content (AvgIpc) is 2.28. The van der Waals surface area contributed by atoms with E-state index in [1.54, 1.807) is 25.4 Å². The summed E-state index contributed by atoms with van der Waals surface area (Å²) in [6.45, 7) is 3.62. The zero-order chi connectivity index (χ0) is 13.1. The first kappa shape index (κ1) is 12.0. The molecule has 0 fully saturated rings. The normalized spacial score (nSPS) is 10.1. The summed E-state index contributed by atoms with van der Waals surface area (Å²) in [6, 6.07) is 4.88. The van der Waals surface area contributed by atoms with Crippen LogP contribution in [-0.4, -0.2) is 21.0 Å². The van der Waals surface area contributed by atoms with Crippen LogP contribution in [0.3, 0.4) is 0 Å². The fourth-order valence-electron chi connectivity index (χ4n) is 1.52. The third kappa shape index (κ3) is 2.82. The number of nitrogens with zero attached hydrogens (tertiary/aromatic N) is 2. The zero-order valence-electron chi connectivity index (χ0n) is 10.0. The summed E-state index contributed by atoms with van der Waals surface area (Å²) in [5, 5.41) is 8.91. The lowest BCUT2D eigenvalue weighted by Gasteiger charge is -2.07. The second kappa shape index (κ2) is 4.83. The summed E-state index contributed by atoms with van der Waals surface area (Å²) in [5.74, 6) is -0.0739. The number of aromatic carboxylic acids is 1. The standard InChI is InChI=1S/C13H12N2O3/c1-8-3-11(7-14-6-8)18-10-4-9(2)15-12(5-10)13(16)17/h3-7H,1-2H3,(H,16,17). The Labute approximate surface area is 104 Å². The van der Waals surface area contributed by atoms with Gasteiger partial charge in [-0.2, -0.15) is 0 Å². The van der Waals surface area contributed by atoms with Crippen LogP contribution in [0.5, 0.6) is 11.5 Å². The summed E-state index contributed by atoms with van der Waals surface area (Å²) in [7, 11) is 0. The zero-order valence-corrected chi connectivity index (χ0v) is 10.0. The number of aryl methyl sites for hydroxylation is 2. The number of rotatable bonds is 3. The fourth-order valence-corrected chi connectivity index (χ4v) is 1.52. The summed E-state index contributed by atoms with van der Waals surface area (Å²) >= 11 is 0. The molecule has 2 heterocycles. The molecule has 0 aromatic carbocycles. The van der Waals surface area contributed by atoms with Crippen molar-refractivity contribution < 1.29 is 14.6 Å². The number of hydrogen-bond donors (Lipinski definition) is 1. The summed E-state index contributed by atoms with van der Waals surface area (Å²) in [4.78, 5) is 18.8. The maximum absolute atomic E-state index is 10.9. The molecular formula is C13H12N2O3. The molecule has 1 N–H and O–H groups in total. The Hall–Kier alpha value is -2.43. The fraction of sp³-hybridized carbons (Fsp3) is 0.154. The predicted molar refractivity (Wildman–Crippen MR) is 65.0 cm³/mol. The van der Waals surface area contributed by atoms with Gasteiger partial charge in [0.05, 0.1) is 6.20 Å². The molecule has 5 heteroatoms. The van der Waals surface area contributed by atoms with E-state index in [0.29, 0.717) is 17.2 Å². The van der Waals surface area contributed by atoms with Crippen LogP contribution in [0, 0.1) is 13.8 Å². The minimum absolute atomic E-state index is 0.0365. The highest BCUT2D eigenvalue weighted by atomic mass is 16.5. The van der Waals surface area contributed by atoms with Crippen LogP contribution in [0.25, 0.3) is 0 Å². The summed E-state index contributed by atoms with van der Waals surface area (Å²) in [6.07, 6.45) is 3.29. The van der Waals surface area contributed by atoms with E-state index in [0.717, 1.165) is 5.56 Å². The van der Waals surface area contributed by atoms with Crippen molar-refractivity contribution in [2.45, 2.75) is 13.8 Å². The first-order chi connectivity index (χ1) is 8.54. The van der Waals surface area contributed by atoms with E-state index in [9.17, 15) is 4.79 Å². The van der Waals surface area contributed by atoms with Crippen LogP contribution in [0.1, 0.15) is 21.7 Å². The SMILES string of the molecule is Cc1cncc(Oc2cc(C)nc(C(=O)O)c2)c1. The van der Waals surface area contributed by atoms with Gasteiger partial charge in [0.2, 0.25) is 0 Å². The molecular weight excluding hydrogens is 232 g/mol. The van der Waals surface area contributed by atoms with Gasteiger partial charge in [-0.1, -0.05) is 0 Å². The molecule has 2 rings (SSSR count). The summed E-state index contributed by atoms with van der Waals surface area (Å²) < 4.78 is 5.56. The highest BCUT2D eigenvalue weighted by Crippen LogP contribution is 2.22. The third-order valence-corrected chi connectivity index (χ3v) is 2.23. The lowest BCUT2D eigenvalue weighted by atomic mass is 10.3. The minimum Gasteiger partial charge on any atom is -0.477 e. The van der Waals surface area contributed by atoms with Gasteiger partial charge >= 0.3 is 5.97 Å². The Morgan fingerprint density at radius 3 is 2.61 bits per heavy atom. The van der Waals surface area contributed by atoms with Gasteiger partial charge in [0.25, 0.3) is 0 Å². The van der Waals surface area contributed by atoms with Crippen molar-refractivity contribution in [2.75, 3.05) is 0 Å². The van der Waals surface area contributed by atoms with E-state index in [1.165, 1.54) is 6.07 Å². The average molecular weight is 244 g/mol. The van der Waals surface area contributed by atoms with Crippen LogP contribution in [-0.2, 0) is 0 Å². The number of carbonyl (C=O) groups is 1. The van der Waals surface area contributed by atoms with Crippen LogP contribution < -0.4 is 4.74 Å². The van der Waals surface area contributed by atoms with Gasteiger partial charge in [-0.25, -0.2) is 9.78 Å². The van der Waals surface area contributed by atoms with E-state index in [1.807, 2.05) is 13.0 Å². The number of aromatic nitrogens is 2. The monoisotopic (exact) mass is 244 g/mol. The quantitative estimate of drug-likeness (QED) is 0.898. The number of ether oxygens (including phenoxy) is 1. The summed E-state index contributed by atoms with van der Waals surface area (Å²) in [5.41, 5.74) is 1.52. The van der Waals surface area contributed by atoms with Crippen molar-refractivity contribution >= 4 is 5.97 Å². The predicted octanol–water partition coefficient (Wildman–Crippen LogP) is 2.58. The number of hydrogen-bond acceptors (Lipinski definition) is 4. The van der Waals surface area contributed by atoms with E-state index >= 15 is 0 Å². The molecule has 0 spiro atoms. The van der Waals surface area contributed by atoms with Gasteiger partial charge in [-0.05, 0) is 25.5 Å². The molecule has 0 atom stereocenters. The first-order valence-corrected chi connectivity index (χ1v) is 5.36. The molecule has 0 aliphatic rings. The molecule has 0 saturated heterocycles. The maximum atomic E-state index is 10.9. The van der Waals surface area contributed by atoms with Crippen molar-refractivity contribution in [1.29, 1.82) is 0 Å². The van der Waals surface area contributed by atoms with E-state index in [-0.39, 0.29) is 5.69 Å². The van der Waals surface area contributed by atoms with Crippen molar-refractivity contribution in [3.05, 3.63) is 47.5 Å². The number of carboxylic acids is 1. The van der Waals surface area contributed by atoms with E-state index in [4.69, 9.17) is 9.84 Å². The van der Waals surface area contributed by atoms with Gasteiger partial charge in [-0.3, -0.25) is 4.98 Å². The lowest BCUT2D eigenvalue weighted by Crippen LogP contribution is -2.02. The molecule has 92 valence electrons. The van der Waals surface area contributed by atoms with Gasteiger partial charge < -0.3 is 9.84 Å². The molecule has 0 saturated carbocycles. The minimum atomic E-state index is -1.08. The maximum Gasteiger partial charge on any atom is 0.354 e. The Morgan fingerprint density at radius 2 is 1.94 bits per heavy atom. The number of carboxylic acid groups (broad SMARTS) is 1. The molecule has 18 heavy (non-hydrogen) atoms. The number of pyridine rings is 2. The third-order valence-electron chi connectivity index (χ3n) is 2.23.